The molecular weight excluding hydrogens is 1090 g/mol. The zero-order valence-corrected chi connectivity index (χ0v) is 46.1. The number of aliphatic hydroxyl groups excluding tert-OH is 3. The fraction of sp³-hybridized carbons (Fsp3) is 0.339. The number of hydrogen-bond acceptors (Lipinski definition) is 24. The Morgan fingerprint density at radius 1 is 0.361 bits per heavy atom. The van der Waals surface area contributed by atoms with Crippen molar-refractivity contribution in [3.05, 3.63) is 162 Å². The summed E-state index contributed by atoms with van der Waals surface area (Å²) < 4.78 is 61.2. The van der Waals surface area contributed by atoms with E-state index in [1.54, 1.807) is 72.8 Å². The van der Waals surface area contributed by atoms with Crippen LogP contribution in [-0.4, -0.2) is 167 Å². The summed E-state index contributed by atoms with van der Waals surface area (Å²) >= 11 is 0. The molecule has 0 aromatic heterocycles. The van der Waals surface area contributed by atoms with E-state index in [-0.39, 0.29) is 76.2 Å². The fourth-order valence-corrected chi connectivity index (χ4v) is 6.31. The van der Waals surface area contributed by atoms with Crippen molar-refractivity contribution in [2.45, 2.75) is 51.4 Å². The van der Waals surface area contributed by atoms with Gasteiger partial charge in [0.15, 0.2) is 0 Å². The Hall–Kier alpha value is -9.39. The number of rotatable bonds is 36. The maximum atomic E-state index is 12.1. The maximum Gasteiger partial charge on any atom is 0.333 e. The van der Waals surface area contributed by atoms with Crippen LogP contribution < -0.4 is 14.2 Å². The topological polar surface area (TPSA) is 325 Å². The summed E-state index contributed by atoms with van der Waals surface area (Å²) in [6.07, 6.45) is 1.07. The molecule has 0 aliphatic carbocycles. The molecule has 0 spiro atoms. The third-order valence-electron chi connectivity index (χ3n) is 10.7. The Morgan fingerprint density at radius 3 is 0.783 bits per heavy atom. The highest BCUT2D eigenvalue weighted by Gasteiger charge is 2.32. The minimum atomic E-state index is -1.26. The molecule has 0 aliphatic heterocycles. The molecule has 446 valence electrons. The highest BCUT2D eigenvalue weighted by Crippen LogP contribution is 2.40. The van der Waals surface area contributed by atoms with E-state index in [9.17, 15) is 58.5 Å². The van der Waals surface area contributed by atoms with Crippen molar-refractivity contribution in [2.24, 2.45) is 0 Å². The number of esters is 9. The van der Waals surface area contributed by atoms with Gasteiger partial charge in [0.25, 0.3) is 0 Å². The summed E-state index contributed by atoms with van der Waals surface area (Å²) in [6.45, 7) is 13.0. The minimum absolute atomic E-state index is 0.177. The lowest BCUT2D eigenvalue weighted by atomic mass is 9.71. The van der Waals surface area contributed by atoms with Crippen molar-refractivity contribution in [1.82, 2.24) is 0 Å². The van der Waals surface area contributed by atoms with E-state index in [2.05, 4.69) is 19.7 Å². The van der Waals surface area contributed by atoms with Crippen molar-refractivity contribution >= 4 is 53.7 Å². The molecule has 3 aromatic carbocycles. The van der Waals surface area contributed by atoms with Crippen LogP contribution in [0, 0.1) is 0 Å². The number of carbonyl (C=O) groups is 9. The van der Waals surface area contributed by atoms with Gasteiger partial charge in [-0.2, -0.15) is 0 Å². The number of benzene rings is 3. The van der Waals surface area contributed by atoms with Crippen molar-refractivity contribution in [1.29, 1.82) is 0 Å². The quantitative estimate of drug-likeness (QED) is 0.0246. The molecule has 24 nitrogen and oxygen atoms in total. The Bertz CT molecular complexity index is 2510. The van der Waals surface area contributed by atoms with Gasteiger partial charge in [0, 0.05) is 58.6 Å². The predicted molar refractivity (Wildman–Crippen MR) is 290 cm³/mol. The molecule has 3 N–H and O–H groups in total. The molecule has 0 fully saturated rings. The summed E-state index contributed by atoms with van der Waals surface area (Å²) in [5.74, 6) is -6.39. The maximum absolute atomic E-state index is 12.1. The van der Waals surface area contributed by atoms with Gasteiger partial charge in [-0.05, 0) is 80.8 Å². The highest BCUT2D eigenvalue weighted by molar-refractivity contribution is 5.93. The molecule has 0 amide bonds. The summed E-state index contributed by atoms with van der Waals surface area (Å²) in [7, 11) is 0. The van der Waals surface area contributed by atoms with Gasteiger partial charge in [-0.25, -0.2) is 43.2 Å². The van der Waals surface area contributed by atoms with Gasteiger partial charge < -0.3 is 72.2 Å². The molecule has 3 aromatic rings. The van der Waals surface area contributed by atoms with Crippen molar-refractivity contribution in [2.75, 3.05) is 79.3 Å². The van der Waals surface area contributed by atoms with Gasteiger partial charge in [0.05, 0.1) is 0 Å². The van der Waals surface area contributed by atoms with Gasteiger partial charge in [-0.1, -0.05) is 56.1 Å². The molecule has 83 heavy (non-hydrogen) atoms. The smallest absolute Gasteiger partial charge is 0.333 e. The van der Waals surface area contributed by atoms with E-state index in [0.717, 1.165) is 53.1 Å². The largest absolute Gasteiger partial charge is 0.491 e. The summed E-state index contributed by atoms with van der Waals surface area (Å²) in [6, 6.07) is 20.8. The van der Waals surface area contributed by atoms with Gasteiger partial charge in [-0.3, -0.25) is 0 Å². The van der Waals surface area contributed by atoms with Crippen LogP contribution in [-0.2, 0) is 91.2 Å². The van der Waals surface area contributed by atoms with Crippen molar-refractivity contribution < 1.29 is 115 Å². The van der Waals surface area contributed by atoms with Crippen LogP contribution in [0.3, 0.4) is 0 Å². The number of aliphatic hydroxyl groups is 3. The highest BCUT2D eigenvalue weighted by atomic mass is 16.6. The van der Waals surface area contributed by atoms with Crippen LogP contribution in [0.25, 0.3) is 0 Å². The molecular formula is C59H66O24. The van der Waals surface area contributed by atoms with Crippen LogP contribution in [0.1, 0.15) is 44.4 Å². The molecule has 0 radical (unpaired) electrons. The first-order valence-corrected chi connectivity index (χ1v) is 25.2. The Balaban J connectivity index is 1.64. The van der Waals surface area contributed by atoms with E-state index in [0.29, 0.717) is 17.2 Å². The predicted octanol–water partition coefficient (Wildman–Crippen LogP) is 3.55. The molecule has 0 heterocycles. The third kappa shape index (κ3) is 26.6. The molecule has 0 bridgehead atoms. The van der Waals surface area contributed by atoms with Crippen molar-refractivity contribution in [3.8, 4) is 17.2 Å². The van der Waals surface area contributed by atoms with E-state index in [4.69, 9.17) is 56.8 Å². The lowest BCUT2D eigenvalue weighted by Crippen LogP contribution is -2.26. The Morgan fingerprint density at radius 2 is 0.566 bits per heavy atom. The average molecular weight is 1160 g/mol. The molecule has 24 heteroatoms. The van der Waals surface area contributed by atoms with Crippen LogP contribution in [0.4, 0.5) is 0 Å². The van der Waals surface area contributed by atoms with E-state index < -0.39 is 97.3 Å². The Kier molecular flexibility index (Phi) is 29.5. The first-order valence-electron chi connectivity index (χ1n) is 25.2. The SMILES string of the molecule is C=C(C)C(=O)OCCOC(=O)/C=C\C(=O)OCC(O)COc1ccc(C(C)(c2ccc(OCC(O)COC(=O)/C=C\C(=O)OCCOC(=O)C(=C)C)cc2)c2ccc(OCC(O)COC(=O)/C=C\C(=O)OCCOC(=O)C(=C)C)cc2)cc1. The van der Waals surface area contributed by atoms with Crippen LogP contribution >= 0.6 is 0 Å². The minimum Gasteiger partial charge on any atom is -0.491 e. The summed E-state index contributed by atoms with van der Waals surface area (Å²) in [5, 5.41) is 31.5. The average Bonchev–Trinajstić information content (AvgIpc) is 3.63. The molecule has 0 saturated heterocycles. The van der Waals surface area contributed by atoms with Gasteiger partial charge >= 0.3 is 53.7 Å². The van der Waals surface area contributed by atoms with E-state index in [1.165, 1.54) is 20.8 Å². The fourth-order valence-electron chi connectivity index (χ4n) is 6.31. The molecule has 0 aliphatic rings. The monoisotopic (exact) mass is 1160 g/mol. The van der Waals surface area contributed by atoms with Crippen LogP contribution in [0.15, 0.2) is 146 Å². The second-order valence-electron chi connectivity index (χ2n) is 17.7. The van der Waals surface area contributed by atoms with E-state index in [1.807, 2.05) is 6.92 Å². The summed E-state index contributed by atoms with van der Waals surface area (Å²) in [4.78, 5) is 106. The molecule has 3 unspecified atom stereocenters. The first kappa shape index (κ1) is 67.9. The lowest BCUT2D eigenvalue weighted by molar-refractivity contribution is -0.147. The zero-order chi connectivity index (χ0) is 61.3. The first-order chi connectivity index (χ1) is 39.5. The van der Waals surface area contributed by atoms with Crippen LogP contribution in [0.5, 0.6) is 17.2 Å². The number of ether oxygens (including phenoxy) is 12. The van der Waals surface area contributed by atoms with Gasteiger partial charge in [0.2, 0.25) is 0 Å². The van der Waals surface area contributed by atoms with Crippen molar-refractivity contribution in [3.63, 3.8) is 0 Å². The Labute approximate surface area is 478 Å². The second kappa shape index (κ2) is 36.1. The summed E-state index contributed by atoms with van der Waals surface area (Å²) in [5.41, 5.74) is 1.89. The molecule has 0 saturated carbocycles. The second-order valence-corrected chi connectivity index (χ2v) is 17.7. The normalized spacial score (nSPS) is 12.8. The van der Waals surface area contributed by atoms with Crippen LogP contribution in [0.2, 0.25) is 0 Å². The number of carbonyl (C=O) groups excluding carboxylic acids is 9. The standard InChI is InChI=1S/C59H66O24/c1-38(2)56(69)75-29-26-72-50(63)20-23-53(66)81-35-44(60)32-78-47-14-8-41(9-15-47)59(7,42-10-16-48(17-11-42)79-33-45(61)36-82-54(67)24-21-51(64)73-27-30-76-57(70)39(3)4)43-12-18-49(19-13-43)80-34-46(62)37-83-55(68)25-22-52(65)74-28-31-77-58(71)40(5)6/h8-25,44-46,60-62H,1,3,5,26-37H2,2,4,6-7H3/b23-20-,24-21-,25-22-. The zero-order valence-electron chi connectivity index (χ0n) is 46.1. The lowest BCUT2D eigenvalue weighted by Gasteiger charge is -2.32. The molecule has 3 rings (SSSR count). The molecule has 3 atom stereocenters. The number of hydrogen-bond donors (Lipinski definition) is 3. The third-order valence-corrected chi connectivity index (χ3v) is 10.7. The van der Waals surface area contributed by atoms with Gasteiger partial charge in [0.1, 0.15) is 115 Å². The van der Waals surface area contributed by atoms with Gasteiger partial charge in [-0.15, -0.1) is 0 Å². The van der Waals surface area contributed by atoms with E-state index >= 15 is 0 Å².